The molecule has 0 saturated carbocycles. The van der Waals surface area contributed by atoms with Crippen LogP contribution < -0.4 is 0 Å². The molecule has 0 heterocycles. The Balaban J connectivity index is -0.0000000318. The van der Waals surface area contributed by atoms with Crippen LogP contribution in [0.25, 0.3) is 0 Å². The molecule has 0 spiro atoms. The zero-order valence-electron chi connectivity index (χ0n) is 12.0. The van der Waals surface area contributed by atoms with Gasteiger partial charge in [0.2, 0.25) is 0 Å². The van der Waals surface area contributed by atoms with Crippen LogP contribution in [0.1, 0.15) is 67.7 Å². The predicted octanol–water partition coefficient (Wildman–Crippen LogP) is 5.38. The lowest BCUT2D eigenvalue weighted by Gasteiger charge is -1.98. The van der Waals surface area contributed by atoms with Crippen LogP contribution in [0.4, 0.5) is 0 Å². The van der Waals surface area contributed by atoms with Crippen LogP contribution in [0.15, 0.2) is 0 Å². The van der Waals surface area contributed by atoms with Crippen LogP contribution in [0.3, 0.4) is 0 Å². The number of hydrogen-bond donors (Lipinski definition) is 0. The summed E-state index contributed by atoms with van der Waals surface area (Å²) >= 11 is 0. The molecule has 0 heteroatoms. The van der Waals surface area contributed by atoms with Crippen molar-refractivity contribution in [2.24, 2.45) is 5.92 Å². The van der Waals surface area contributed by atoms with E-state index in [0.717, 1.165) is 5.92 Å². The number of terminal acetylenes is 2. The first-order valence-corrected chi connectivity index (χ1v) is 5.89. The van der Waals surface area contributed by atoms with Gasteiger partial charge in [-0.05, 0) is 5.92 Å². The zero-order chi connectivity index (χ0) is 13.7. The maximum atomic E-state index is 4.00. The van der Waals surface area contributed by atoms with Gasteiger partial charge in [-0.3, -0.25) is 0 Å². The summed E-state index contributed by atoms with van der Waals surface area (Å²) in [6, 6.07) is 0. The molecular formula is C15H32. The average Bonchev–Trinajstić information content (AvgIpc) is 2.36. The highest BCUT2D eigenvalue weighted by molar-refractivity contribution is 4.47. The SMILES string of the molecule is C#C.C#C.CC.CCC.CCC(C)CC. The van der Waals surface area contributed by atoms with Gasteiger partial charge in [-0.25, -0.2) is 0 Å². The molecule has 0 atom stereocenters. The fourth-order valence-electron chi connectivity index (χ4n) is 0.289. The molecule has 0 aliphatic carbocycles. The van der Waals surface area contributed by atoms with Gasteiger partial charge < -0.3 is 0 Å². The van der Waals surface area contributed by atoms with E-state index < -0.39 is 0 Å². The van der Waals surface area contributed by atoms with Crippen molar-refractivity contribution in [1.82, 2.24) is 0 Å². The lowest BCUT2D eigenvalue weighted by Crippen LogP contribution is -1.85. The first-order chi connectivity index (χ1) is 7.22. The summed E-state index contributed by atoms with van der Waals surface area (Å²) in [5.41, 5.74) is 0. The van der Waals surface area contributed by atoms with E-state index in [4.69, 9.17) is 0 Å². The second-order valence-corrected chi connectivity index (χ2v) is 2.63. The van der Waals surface area contributed by atoms with E-state index in [-0.39, 0.29) is 0 Å². The molecule has 0 aliphatic heterocycles. The standard InChI is InChI=1S/C6H14.C3H8.C2H6.2C2H2/c1-4-6(3)5-2;1-3-2;3*1-2/h6H,4-5H2,1-3H3;3H2,1-2H3;1-2H3;2*1-2H. The van der Waals surface area contributed by atoms with Gasteiger partial charge in [0.15, 0.2) is 0 Å². The lowest BCUT2D eigenvalue weighted by atomic mass is 10.1. The lowest BCUT2D eigenvalue weighted by molar-refractivity contribution is 0.544. The monoisotopic (exact) mass is 212 g/mol. The summed E-state index contributed by atoms with van der Waals surface area (Å²) in [5.74, 6) is 0.935. The molecule has 0 rings (SSSR count). The van der Waals surface area contributed by atoms with Crippen LogP contribution >= 0.6 is 0 Å². The van der Waals surface area contributed by atoms with Crippen molar-refractivity contribution in [3.8, 4) is 25.7 Å². The summed E-state index contributed by atoms with van der Waals surface area (Å²) < 4.78 is 0. The van der Waals surface area contributed by atoms with E-state index in [2.05, 4.69) is 60.3 Å². The average molecular weight is 212 g/mol. The van der Waals surface area contributed by atoms with Crippen molar-refractivity contribution in [3.05, 3.63) is 0 Å². The minimum absolute atomic E-state index is 0.935. The molecule has 0 bridgehead atoms. The third-order valence-corrected chi connectivity index (χ3v) is 1.39. The van der Waals surface area contributed by atoms with Gasteiger partial charge >= 0.3 is 0 Å². The van der Waals surface area contributed by atoms with E-state index >= 15 is 0 Å². The predicted molar refractivity (Wildman–Crippen MR) is 76.8 cm³/mol. The van der Waals surface area contributed by atoms with Crippen LogP contribution in [0.2, 0.25) is 0 Å². The molecule has 0 aromatic heterocycles. The van der Waals surface area contributed by atoms with Crippen molar-refractivity contribution in [3.63, 3.8) is 0 Å². The normalized spacial score (nSPS) is 5.87. The fourth-order valence-corrected chi connectivity index (χ4v) is 0.289. The summed E-state index contributed by atoms with van der Waals surface area (Å²) in [7, 11) is 0. The third kappa shape index (κ3) is 167. The van der Waals surface area contributed by atoms with Crippen molar-refractivity contribution < 1.29 is 0 Å². The highest BCUT2D eigenvalue weighted by Gasteiger charge is 1.88. The number of rotatable bonds is 2. The number of hydrogen-bond acceptors (Lipinski definition) is 0. The Hall–Kier alpha value is -0.880. The molecular weight excluding hydrogens is 180 g/mol. The summed E-state index contributed by atoms with van der Waals surface area (Å²) in [5, 5.41) is 0. The van der Waals surface area contributed by atoms with E-state index in [1.54, 1.807) is 0 Å². The highest BCUT2D eigenvalue weighted by Crippen LogP contribution is 2.02. The molecule has 0 N–H and O–H groups in total. The molecule has 15 heavy (non-hydrogen) atoms. The summed E-state index contributed by atoms with van der Waals surface area (Å²) in [6.07, 6.45) is 19.9. The second kappa shape index (κ2) is 73.5. The summed E-state index contributed by atoms with van der Waals surface area (Å²) in [4.78, 5) is 0. The smallest absolute Gasteiger partial charge is 0.0448 e. The first-order valence-electron chi connectivity index (χ1n) is 5.89. The van der Waals surface area contributed by atoms with Crippen LogP contribution in [0, 0.1) is 31.6 Å². The molecule has 0 unspecified atom stereocenters. The van der Waals surface area contributed by atoms with Crippen molar-refractivity contribution >= 4 is 0 Å². The Kier molecular flexibility index (Phi) is 143. The van der Waals surface area contributed by atoms with E-state index in [9.17, 15) is 0 Å². The van der Waals surface area contributed by atoms with Gasteiger partial charge in [-0.2, -0.15) is 0 Å². The van der Waals surface area contributed by atoms with Crippen molar-refractivity contribution in [1.29, 1.82) is 0 Å². The van der Waals surface area contributed by atoms with Gasteiger partial charge in [0.25, 0.3) is 0 Å². The molecule has 0 radical (unpaired) electrons. The minimum atomic E-state index is 0.935. The van der Waals surface area contributed by atoms with Gasteiger partial charge in [0, 0.05) is 0 Å². The molecule has 0 aromatic rings. The molecule has 0 saturated heterocycles. The van der Waals surface area contributed by atoms with Gasteiger partial charge in [0.1, 0.15) is 0 Å². The van der Waals surface area contributed by atoms with Gasteiger partial charge in [0.05, 0.1) is 0 Å². The van der Waals surface area contributed by atoms with Crippen LogP contribution in [-0.4, -0.2) is 0 Å². The molecule has 0 aliphatic rings. The van der Waals surface area contributed by atoms with Gasteiger partial charge in [-0.15, -0.1) is 25.7 Å². The summed E-state index contributed by atoms with van der Waals surface area (Å²) in [6.45, 7) is 15.0. The van der Waals surface area contributed by atoms with Crippen molar-refractivity contribution in [2.45, 2.75) is 67.7 Å². The Morgan fingerprint density at radius 1 is 0.733 bits per heavy atom. The first kappa shape index (κ1) is 29.2. The van der Waals surface area contributed by atoms with Crippen LogP contribution in [-0.2, 0) is 0 Å². The quantitative estimate of drug-likeness (QED) is 0.539. The largest absolute Gasteiger partial charge is 0.124 e. The van der Waals surface area contributed by atoms with E-state index in [0.29, 0.717) is 0 Å². The minimum Gasteiger partial charge on any atom is -0.124 e. The van der Waals surface area contributed by atoms with E-state index in [1.807, 2.05) is 13.8 Å². The Morgan fingerprint density at radius 3 is 0.867 bits per heavy atom. The Bertz CT molecular complexity index is 66.5. The van der Waals surface area contributed by atoms with E-state index in [1.165, 1.54) is 19.3 Å². The molecule has 0 nitrogen and oxygen atoms in total. The maximum Gasteiger partial charge on any atom is -0.0448 e. The molecule has 0 aromatic carbocycles. The molecule has 0 fully saturated rings. The van der Waals surface area contributed by atoms with Crippen molar-refractivity contribution in [2.75, 3.05) is 0 Å². The van der Waals surface area contributed by atoms with Crippen LogP contribution in [0.5, 0.6) is 0 Å². The maximum absolute atomic E-state index is 4.00. The second-order valence-electron chi connectivity index (χ2n) is 2.63. The zero-order valence-corrected chi connectivity index (χ0v) is 12.0. The van der Waals surface area contributed by atoms with Gasteiger partial charge in [-0.1, -0.05) is 67.7 Å². The highest BCUT2D eigenvalue weighted by atomic mass is 13.9. The fraction of sp³-hybridized carbons (Fsp3) is 0.733. The Labute approximate surface area is 99.9 Å². The topological polar surface area (TPSA) is 0 Å². The third-order valence-electron chi connectivity index (χ3n) is 1.39. The molecule has 0 amide bonds. The Morgan fingerprint density at radius 2 is 0.867 bits per heavy atom. The molecule has 92 valence electrons.